The molecule has 6 heteroatoms. The summed E-state index contributed by atoms with van der Waals surface area (Å²) in [6, 6.07) is 5.71. The predicted octanol–water partition coefficient (Wildman–Crippen LogP) is 2.66. The fraction of sp³-hybridized carbons (Fsp3) is 0.579. The molecule has 138 valence electrons. The summed E-state index contributed by atoms with van der Waals surface area (Å²) in [5, 5.41) is 0. The summed E-state index contributed by atoms with van der Waals surface area (Å²) >= 11 is 0. The van der Waals surface area contributed by atoms with Crippen molar-refractivity contribution in [1.82, 2.24) is 9.80 Å². The van der Waals surface area contributed by atoms with Crippen molar-refractivity contribution in [2.75, 3.05) is 27.9 Å². The van der Waals surface area contributed by atoms with E-state index >= 15 is 0 Å². The van der Waals surface area contributed by atoms with E-state index in [0.29, 0.717) is 37.6 Å². The van der Waals surface area contributed by atoms with Crippen LogP contribution in [0.4, 0.5) is 0 Å². The van der Waals surface area contributed by atoms with Gasteiger partial charge in [-0.1, -0.05) is 19.9 Å². The molecule has 0 aliphatic carbocycles. The van der Waals surface area contributed by atoms with Crippen LogP contribution >= 0.6 is 0 Å². The third-order valence-corrected chi connectivity index (χ3v) is 4.89. The number of amides is 2. The highest BCUT2D eigenvalue weighted by Crippen LogP contribution is 2.35. The molecule has 0 aromatic heterocycles. The van der Waals surface area contributed by atoms with Crippen molar-refractivity contribution in [2.24, 2.45) is 5.41 Å². The van der Waals surface area contributed by atoms with Gasteiger partial charge in [0, 0.05) is 19.4 Å². The smallest absolute Gasteiger partial charge is 0.230 e. The number of rotatable bonds is 7. The van der Waals surface area contributed by atoms with Gasteiger partial charge in [-0.2, -0.15) is 0 Å². The van der Waals surface area contributed by atoms with Gasteiger partial charge in [0.15, 0.2) is 11.5 Å². The molecule has 1 aromatic rings. The van der Waals surface area contributed by atoms with E-state index in [1.165, 1.54) is 4.90 Å². The second-order valence-corrected chi connectivity index (χ2v) is 7.08. The molecule has 1 aliphatic heterocycles. The largest absolute Gasteiger partial charge is 0.493 e. The van der Waals surface area contributed by atoms with Crippen LogP contribution in [0, 0.1) is 5.41 Å². The van der Waals surface area contributed by atoms with E-state index in [1.54, 1.807) is 14.2 Å². The third kappa shape index (κ3) is 4.51. The predicted molar refractivity (Wildman–Crippen MR) is 95.4 cm³/mol. The number of hydrogen-bond donors (Lipinski definition) is 0. The van der Waals surface area contributed by atoms with Crippen molar-refractivity contribution in [2.45, 2.75) is 39.7 Å². The summed E-state index contributed by atoms with van der Waals surface area (Å²) in [7, 11) is 5.09. The van der Waals surface area contributed by atoms with Crippen LogP contribution in [0.5, 0.6) is 11.5 Å². The molecule has 1 heterocycles. The number of carbonyl (C=O) groups is 2. The quantitative estimate of drug-likeness (QED) is 0.709. The van der Waals surface area contributed by atoms with E-state index in [0.717, 1.165) is 12.0 Å². The minimum Gasteiger partial charge on any atom is -0.493 e. The minimum absolute atomic E-state index is 0.0836. The van der Waals surface area contributed by atoms with Crippen molar-refractivity contribution < 1.29 is 19.1 Å². The van der Waals surface area contributed by atoms with Gasteiger partial charge in [-0.3, -0.25) is 19.4 Å². The van der Waals surface area contributed by atoms with Gasteiger partial charge in [0.05, 0.1) is 20.9 Å². The normalized spacial score (nSPS) is 17.1. The minimum atomic E-state index is -0.202. The molecule has 1 fully saturated rings. The van der Waals surface area contributed by atoms with E-state index < -0.39 is 0 Å². The monoisotopic (exact) mass is 348 g/mol. The van der Waals surface area contributed by atoms with E-state index in [1.807, 2.05) is 44.0 Å². The van der Waals surface area contributed by atoms with Gasteiger partial charge < -0.3 is 9.47 Å². The second kappa shape index (κ2) is 7.87. The van der Waals surface area contributed by atoms with Gasteiger partial charge >= 0.3 is 0 Å². The average molecular weight is 348 g/mol. The zero-order valence-corrected chi connectivity index (χ0v) is 15.8. The summed E-state index contributed by atoms with van der Waals surface area (Å²) in [6.07, 6.45) is 1.69. The molecule has 0 bridgehead atoms. The summed E-state index contributed by atoms with van der Waals surface area (Å²) in [4.78, 5) is 28.1. The molecular formula is C19H28N2O4. The lowest BCUT2D eigenvalue weighted by Crippen LogP contribution is -2.50. The Labute approximate surface area is 149 Å². The standard InChI is InChI=1S/C19H28N2O4/c1-6-19(2)10-17(22)21(18(23)11-19)13-20(3)12-14-7-8-15(24-4)16(9-14)25-5/h7-9H,6,10-13H2,1-5H3. The molecule has 2 rings (SSSR count). The molecule has 0 radical (unpaired) electrons. The fourth-order valence-electron chi connectivity index (χ4n) is 3.11. The number of carbonyl (C=O) groups excluding carboxylic acids is 2. The number of piperidine rings is 1. The van der Waals surface area contributed by atoms with Gasteiger partial charge in [-0.05, 0) is 36.6 Å². The van der Waals surface area contributed by atoms with Crippen molar-refractivity contribution >= 4 is 11.8 Å². The van der Waals surface area contributed by atoms with Gasteiger partial charge in [0.2, 0.25) is 11.8 Å². The average Bonchev–Trinajstić information content (AvgIpc) is 2.58. The Morgan fingerprint density at radius 2 is 1.72 bits per heavy atom. The molecule has 6 nitrogen and oxygen atoms in total. The molecule has 1 saturated heterocycles. The summed E-state index contributed by atoms with van der Waals surface area (Å²) in [5.41, 5.74) is 0.822. The van der Waals surface area contributed by atoms with Crippen LogP contribution in [0.1, 0.15) is 38.7 Å². The van der Waals surface area contributed by atoms with Crippen LogP contribution in [-0.2, 0) is 16.1 Å². The Kier molecular flexibility index (Phi) is 6.06. The van der Waals surface area contributed by atoms with Gasteiger partial charge in [-0.15, -0.1) is 0 Å². The molecule has 1 aromatic carbocycles. The van der Waals surface area contributed by atoms with Crippen LogP contribution in [0.25, 0.3) is 0 Å². The maximum absolute atomic E-state index is 12.4. The van der Waals surface area contributed by atoms with Crippen molar-refractivity contribution in [3.63, 3.8) is 0 Å². The highest BCUT2D eigenvalue weighted by molar-refractivity contribution is 5.98. The topological polar surface area (TPSA) is 59.1 Å². The lowest BCUT2D eigenvalue weighted by atomic mass is 9.77. The molecule has 1 aliphatic rings. The van der Waals surface area contributed by atoms with Crippen molar-refractivity contribution in [3.8, 4) is 11.5 Å². The number of ether oxygens (including phenoxy) is 2. The number of benzene rings is 1. The van der Waals surface area contributed by atoms with Crippen LogP contribution in [0.2, 0.25) is 0 Å². The summed E-state index contributed by atoms with van der Waals surface area (Å²) in [5.74, 6) is 1.17. The first-order valence-electron chi connectivity index (χ1n) is 8.54. The lowest BCUT2D eigenvalue weighted by Gasteiger charge is -2.38. The molecule has 2 amide bonds. The number of likely N-dealkylation sites (tertiary alicyclic amines) is 1. The Morgan fingerprint density at radius 1 is 1.12 bits per heavy atom. The maximum atomic E-state index is 12.4. The van der Waals surface area contributed by atoms with E-state index in [4.69, 9.17) is 9.47 Å². The van der Waals surface area contributed by atoms with Gasteiger partial charge in [0.1, 0.15) is 0 Å². The van der Waals surface area contributed by atoms with Gasteiger partial charge in [-0.25, -0.2) is 0 Å². The molecule has 25 heavy (non-hydrogen) atoms. The Morgan fingerprint density at radius 3 is 2.24 bits per heavy atom. The number of methoxy groups -OCH3 is 2. The first-order chi connectivity index (χ1) is 11.8. The first-order valence-corrected chi connectivity index (χ1v) is 8.54. The van der Waals surface area contributed by atoms with Crippen LogP contribution < -0.4 is 9.47 Å². The zero-order chi connectivity index (χ0) is 18.6. The van der Waals surface area contributed by atoms with Gasteiger partial charge in [0.25, 0.3) is 0 Å². The molecule has 0 spiro atoms. The Bertz CT molecular complexity index is 626. The summed E-state index contributed by atoms with van der Waals surface area (Å²) in [6.45, 7) is 4.93. The molecule has 0 N–H and O–H groups in total. The lowest BCUT2D eigenvalue weighted by molar-refractivity contribution is -0.155. The van der Waals surface area contributed by atoms with E-state index in [-0.39, 0.29) is 17.2 Å². The zero-order valence-electron chi connectivity index (χ0n) is 15.8. The van der Waals surface area contributed by atoms with E-state index in [2.05, 4.69) is 0 Å². The number of hydrogen-bond acceptors (Lipinski definition) is 5. The highest BCUT2D eigenvalue weighted by Gasteiger charge is 2.39. The van der Waals surface area contributed by atoms with Crippen LogP contribution in [0.15, 0.2) is 18.2 Å². The molecule has 0 unspecified atom stereocenters. The first kappa shape index (κ1) is 19.2. The fourth-order valence-corrected chi connectivity index (χ4v) is 3.11. The maximum Gasteiger partial charge on any atom is 0.230 e. The van der Waals surface area contributed by atoms with E-state index in [9.17, 15) is 9.59 Å². The summed E-state index contributed by atoms with van der Waals surface area (Å²) < 4.78 is 10.6. The van der Waals surface area contributed by atoms with Crippen molar-refractivity contribution in [1.29, 1.82) is 0 Å². The van der Waals surface area contributed by atoms with Crippen LogP contribution in [0.3, 0.4) is 0 Å². The second-order valence-electron chi connectivity index (χ2n) is 7.08. The Hall–Kier alpha value is -2.08. The highest BCUT2D eigenvalue weighted by atomic mass is 16.5. The Balaban J connectivity index is 2.02. The number of nitrogens with zero attached hydrogens (tertiary/aromatic N) is 2. The molecule has 0 saturated carbocycles. The molecular weight excluding hydrogens is 320 g/mol. The SMILES string of the molecule is CCC1(C)CC(=O)N(CN(C)Cc2ccc(OC)c(OC)c2)C(=O)C1. The number of imide groups is 1. The molecule has 0 atom stereocenters. The van der Waals surface area contributed by atoms with Crippen LogP contribution in [-0.4, -0.2) is 49.6 Å². The van der Waals surface area contributed by atoms with Crippen molar-refractivity contribution in [3.05, 3.63) is 23.8 Å². The third-order valence-electron chi connectivity index (χ3n) is 4.89.